The molecule has 15 heavy (non-hydrogen) atoms. The highest BCUT2D eigenvalue weighted by Gasteiger charge is 2.26. The minimum atomic E-state index is -0.283. The molecule has 0 spiro atoms. The second-order valence-corrected chi connectivity index (χ2v) is 5.25. The Hall–Kier alpha value is -0.540. The van der Waals surface area contributed by atoms with Gasteiger partial charge < -0.3 is 4.90 Å². The van der Waals surface area contributed by atoms with Gasteiger partial charge >= 0.3 is 0 Å². The summed E-state index contributed by atoms with van der Waals surface area (Å²) in [6, 6.07) is 1.98. The Bertz CT molecular complexity index is 321. The Balaban J connectivity index is 2.62. The first-order chi connectivity index (χ1) is 6.97. The molecule has 1 aromatic rings. The highest BCUT2D eigenvalue weighted by molar-refractivity contribution is 7.07. The Morgan fingerprint density at radius 1 is 1.60 bits per heavy atom. The molecule has 0 aliphatic rings. The molecule has 0 saturated carbocycles. The third-order valence-corrected chi connectivity index (χ3v) is 3.93. The number of likely N-dealkylation sites (N-methyl/N-ethyl adjacent to an activating group) is 1. The second-order valence-electron chi connectivity index (χ2n) is 4.21. The van der Waals surface area contributed by atoms with Crippen molar-refractivity contribution in [3.8, 4) is 0 Å². The van der Waals surface area contributed by atoms with E-state index >= 15 is 0 Å². The Morgan fingerprint density at radius 3 is 2.73 bits per heavy atom. The summed E-state index contributed by atoms with van der Waals surface area (Å²) >= 11 is 7.43. The first-order valence-electron chi connectivity index (χ1n) is 4.81. The van der Waals surface area contributed by atoms with E-state index in [1.165, 1.54) is 0 Å². The molecular formula is C11H16ClNOS. The summed E-state index contributed by atoms with van der Waals surface area (Å²) in [6.45, 7) is 3.93. The fraction of sp³-hybridized carbons (Fsp3) is 0.545. The van der Waals surface area contributed by atoms with E-state index < -0.39 is 0 Å². The lowest BCUT2D eigenvalue weighted by molar-refractivity contribution is -0.133. The van der Waals surface area contributed by atoms with Gasteiger partial charge in [-0.05, 0) is 36.2 Å². The molecule has 0 aliphatic carbocycles. The predicted molar refractivity (Wildman–Crippen MR) is 65.6 cm³/mol. The molecule has 0 atom stereocenters. The summed E-state index contributed by atoms with van der Waals surface area (Å²) in [5, 5.41) is 3.98. The summed E-state index contributed by atoms with van der Waals surface area (Å²) in [7, 11) is 1.80. The third-order valence-electron chi connectivity index (χ3n) is 2.54. The van der Waals surface area contributed by atoms with Crippen molar-refractivity contribution >= 4 is 28.8 Å². The van der Waals surface area contributed by atoms with Crippen LogP contribution in [-0.2, 0) is 11.2 Å². The van der Waals surface area contributed by atoms with Gasteiger partial charge in [-0.2, -0.15) is 11.3 Å². The normalized spacial score (nSPS) is 11.5. The maximum absolute atomic E-state index is 11.9. The number of thiophene rings is 1. The van der Waals surface area contributed by atoms with E-state index in [0.717, 1.165) is 5.56 Å². The van der Waals surface area contributed by atoms with Gasteiger partial charge in [0, 0.05) is 12.9 Å². The first-order valence-corrected chi connectivity index (χ1v) is 6.29. The number of amides is 1. The van der Waals surface area contributed by atoms with Gasteiger partial charge in [0.1, 0.15) is 0 Å². The van der Waals surface area contributed by atoms with Crippen molar-refractivity contribution in [2.75, 3.05) is 12.9 Å². The summed E-state index contributed by atoms with van der Waals surface area (Å²) in [6.07, 6.45) is 0.459. The number of halogens is 1. The van der Waals surface area contributed by atoms with Crippen LogP contribution in [0.5, 0.6) is 0 Å². The van der Waals surface area contributed by atoms with E-state index in [0.29, 0.717) is 12.3 Å². The van der Waals surface area contributed by atoms with E-state index in [9.17, 15) is 4.79 Å². The molecule has 0 bridgehead atoms. The summed E-state index contributed by atoms with van der Waals surface area (Å²) < 4.78 is 0. The zero-order chi connectivity index (χ0) is 11.5. The summed E-state index contributed by atoms with van der Waals surface area (Å²) in [4.78, 5) is 13.6. The SMILES string of the molecule is CN(C(=O)Cc1ccsc1)C(C)(C)CCl. The number of carbonyl (C=O) groups excluding carboxylic acids is 1. The standard InChI is InChI=1S/C11H16ClNOS/c1-11(2,8-12)13(3)10(14)6-9-4-5-15-7-9/h4-5,7H,6,8H2,1-3H3. The Morgan fingerprint density at radius 2 is 2.27 bits per heavy atom. The van der Waals surface area contributed by atoms with Crippen molar-refractivity contribution in [1.29, 1.82) is 0 Å². The van der Waals surface area contributed by atoms with Crippen LogP contribution in [0.4, 0.5) is 0 Å². The van der Waals surface area contributed by atoms with Crippen LogP contribution in [0.2, 0.25) is 0 Å². The second kappa shape index (κ2) is 4.99. The fourth-order valence-corrected chi connectivity index (χ4v) is 1.96. The van der Waals surface area contributed by atoms with Crippen LogP contribution in [0.25, 0.3) is 0 Å². The molecule has 1 rings (SSSR count). The molecular weight excluding hydrogens is 230 g/mol. The van der Waals surface area contributed by atoms with Crippen molar-refractivity contribution < 1.29 is 4.79 Å². The van der Waals surface area contributed by atoms with Crippen LogP contribution in [0.3, 0.4) is 0 Å². The summed E-state index contributed by atoms with van der Waals surface area (Å²) in [5.41, 5.74) is 0.788. The highest BCUT2D eigenvalue weighted by Crippen LogP contribution is 2.16. The number of nitrogens with zero attached hydrogens (tertiary/aromatic N) is 1. The average molecular weight is 246 g/mol. The largest absolute Gasteiger partial charge is 0.339 e. The van der Waals surface area contributed by atoms with Crippen molar-refractivity contribution in [2.45, 2.75) is 25.8 Å². The van der Waals surface area contributed by atoms with E-state index in [4.69, 9.17) is 11.6 Å². The predicted octanol–water partition coefficient (Wildman–Crippen LogP) is 2.77. The van der Waals surface area contributed by atoms with Crippen LogP contribution >= 0.6 is 22.9 Å². The molecule has 4 heteroatoms. The van der Waals surface area contributed by atoms with E-state index in [2.05, 4.69) is 0 Å². The molecule has 1 amide bonds. The van der Waals surface area contributed by atoms with Crippen LogP contribution < -0.4 is 0 Å². The first kappa shape index (κ1) is 12.5. The molecule has 2 nitrogen and oxygen atoms in total. The van der Waals surface area contributed by atoms with Gasteiger partial charge in [-0.15, -0.1) is 11.6 Å². The van der Waals surface area contributed by atoms with Crippen molar-refractivity contribution in [2.24, 2.45) is 0 Å². The minimum Gasteiger partial charge on any atom is -0.339 e. The van der Waals surface area contributed by atoms with Gasteiger partial charge in [-0.3, -0.25) is 4.79 Å². The molecule has 0 fully saturated rings. The van der Waals surface area contributed by atoms with Gasteiger partial charge in [-0.1, -0.05) is 0 Å². The zero-order valence-corrected chi connectivity index (χ0v) is 10.9. The van der Waals surface area contributed by atoms with Crippen molar-refractivity contribution in [3.63, 3.8) is 0 Å². The molecule has 0 aliphatic heterocycles. The summed E-state index contributed by atoms with van der Waals surface area (Å²) in [5.74, 6) is 0.554. The quantitative estimate of drug-likeness (QED) is 0.747. The van der Waals surface area contributed by atoms with Crippen LogP contribution in [0.1, 0.15) is 19.4 Å². The molecule has 0 unspecified atom stereocenters. The van der Waals surface area contributed by atoms with Crippen LogP contribution in [0, 0.1) is 0 Å². The molecule has 0 N–H and O–H groups in total. The Kier molecular flexibility index (Phi) is 4.17. The monoisotopic (exact) mass is 245 g/mol. The number of alkyl halides is 1. The maximum atomic E-state index is 11.9. The van der Waals surface area contributed by atoms with Crippen molar-refractivity contribution in [3.05, 3.63) is 22.4 Å². The number of hydrogen-bond donors (Lipinski definition) is 0. The van der Waals surface area contributed by atoms with Gasteiger partial charge in [0.15, 0.2) is 0 Å². The Labute approximate surface area is 99.9 Å². The zero-order valence-electron chi connectivity index (χ0n) is 9.29. The van der Waals surface area contributed by atoms with E-state index in [1.54, 1.807) is 23.3 Å². The van der Waals surface area contributed by atoms with E-state index in [-0.39, 0.29) is 11.4 Å². The number of carbonyl (C=O) groups is 1. The van der Waals surface area contributed by atoms with Crippen LogP contribution in [-0.4, -0.2) is 29.3 Å². The number of hydrogen-bond acceptors (Lipinski definition) is 2. The van der Waals surface area contributed by atoms with Gasteiger partial charge in [0.2, 0.25) is 5.91 Å². The lowest BCUT2D eigenvalue weighted by Gasteiger charge is -2.33. The third kappa shape index (κ3) is 3.21. The average Bonchev–Trinajstić information content (AvgIpc) is 2.69. The van der Waals surface area contributed by atoms with Gasteiger partial charge in [-0.25, -0.2) is 0 Å². The smallest absolute Gasteiger partial charge is 0.227 e. The van der Waals surface area contributed by atoms with E-state index in [1.807, 2.05) is 30.7 Å². The number of rotatable bonds is 4. The molecule has 1 heterocycles. The topological polar surface area (TPSA) is 20.3 Å². The molecule has 0 saturated heterocycles. The van der Waals surface area contributed by atoms with Crippen molar-refractivity contribution in [1.82, 2.24) is 4.90 Å². The molecule has 84 valence electrons. The van der Waals surface area contributed by atoms with Gasteiger partial charge in [0.05, 0.1) is 12.0 Å². The molecule has 1 aromatic heterocycles. The fourth-order valence-electron chi connectivity index (χ4n) is 1.11. The lowest BCUT2D eigenvalue weighted by Crippen LogP contribution is -2.47. The molecule has 0 aromatic carbocycles. The molecule has 0 radical (unpaired) electrons. The maximum Gasteiger partial charge on any atom is 0.227 e. The van der Waals surface area contributed by atoms with Gasteiger partial charge in [0.25, 0.3) is 0 Å². The van der Waals surface area contributed by atoms with Crippen LogP contribution in [0.15, 0.2) is 16.8 Å². The highest BCUT2D eigenvalue weighted by atomic mass is 35.5. The lowest BCUT2D eigenvalue weighted by atomic mass is 10.1. The minimum absolute atomic E-state index is 0.110.